The summed E-state index contributed by atoms with van der Waals surface area (Å²) in [6.07, 6.45) is 3.70. The normalized spacial score (nSPS) is 12.9. The molecule has 0 aliphatic heterocycles. The van der Waals surface area contributed by atoms with E-state index in [9.17, 15) is 5.11 Å². The van der Waals surface area contributed by atoms with Gasteiger partial charge in [0, 0.05) is 19.3 Å². The molecule has 0 spiro atoms. The van der Waals surface area contributed by atoms with E-state index in [1.165, 1.54) is 0 Å². The number of aryl methyl sites for hydroxylation is 2. The molecule has 2 aromatic rings. The minimum Gasteiger partial charge on any atom is -0.380 e. The van der Waals surface area contributed by atoms with Crippen LogP contribution in [0, 0.1) is 0 Å². The fourth-order valence-electron chi connectivity index (χ4n) is 2.01. The van der Waals surface area contributed by atoms with Gasteiger partial charge in [0.25, 0.3) is 0 Å². The first kappa shape index (κ1) is 13.3. The van der Waals surface area contributed by atoms with E-state index in [4.69, 9.17) is 0 Å². The lowest BCUT2D eigenvalue weighted by Crippen LogP contribution is -2.14. The van der Waals surface area contributed by atoms with Crippen LogP contribution in [0.25, 0.3) is 0 Å². The zero-order valence-electron chi connectivity index (χ0n) is 10.5. The molecule has 0 saturated heterocycles. The summed E-state index contributed by atoms with van der Waals surface area (Å²) in [7, 11) is 0. The van der Waals surface area contributed by atoms with Gasteiger partial charge in [0.2, 0.25) is 0 Å². The molecule has 0 bridgehead atoms. The highest BCUT2D eigenvalue weighted by atomic mass is 79.9. The molecule has 6 heteroatoms. The molecular weight excluding hydrogens is 296 g/mol. The Morgan fingerprint density at radius 3 is 2.78 bits per heavy atom. The summed E-state index contributed by atoms with van der Waals surface area (Å²) < 4.78 is 4.45. The van der Waals surface area contributed by atoms with Gasteiger partial charge in [-0.3, -0.25) is 9.36 Å². The molecule has 0 aromatic carbocycles. The van der Waals surface area contributed by atoms with Gasteiger partial charge >= 0.3 is 0 Å². The lowest BCUT2D eigenvalue weighted by molar-refractivity contribution is 0.195. The Bertz CT molecular complexity index is 520. The molecule has 2 heterocycles. The molecule has 0 fully saturated rings. The molecule has 2 rings (SSSR count). The number of aliphatic hydroxyl groups is 1. The van der Waals surface area contributed by atoms with E-state index in [0.717, 1.165) is 35.4 Å². The molecular formula is C12H17BrN4O. The molecule has 1 N–H and O–H groups in total. The highest BCUT2D eigenvalue weighted by molar-refractivity contribution is 9.10. The van der Waals surface area contributed by atoms with E-state index >= 15 is 0 Å². The van der Waals surface area contributed by atoms with Gasteiger partial charge < -0.3 is 5.11 Å². The van der Waals surface area contributed by atoms with Crippen molar-refractivity contribution in [3.8, 4) is 0 Å². The van der Waals surface area contributed by atoms with E-state index in [2.05, 4.69) is 33.1 Å². The molecule has 1 atom stereocenters. The Hall–Kier alpha value is -1.14. The largest absolute Gasteiger partial charge is 0.380 e. The standard InChI is InChI=1S/C12H17BrN4O/c1-3-7-17-10(5-6-14-17)12(18)11-9(13)8-15-16(11)4-2/h5-6,8,12,18H,3-4,7H2,1-2H3. The van der Waals surface area contributed by atoms with E-state index in [1.807, 2.05) is 17.7 Å². The zero-order valence-corrected chi connectivity index (χ0v) is 12.1. The Balaban J connectivity index is 2.38. The number of hydrogen-bond acceptors (Lipinski definition) is 3. The third-order valence-corrected chi connectivity index (χ3v) is 3.47. The second-order valence-electron chi connectivity index (χ2n) is 4.08. The number of halogens is 1. The van der Waals surface area contributed by atoms with Gasteiger partial charge in [-0.1, -0.05) is 6.92 Å². The fourth-order valence-corrected chi connectivity index (χ4v) is 2.52. The fraction of sp³-hybridized carbons (Fsp3) is 0.500. The van der Waals surface area contributed by atoms with Gasteiger partial charge in [0.05, 0.1) is 22.1 Å². The Morgan fingerprint density at radius 2 is 2.11 bits per heavy atom. The second kappa shape index (κ2) is 5.67. The molecule has 0 aliphatic rings. The molecule has 2 aromatic heterocycles. The Morgan fingerprint density at radius 1 is 1.33 bits per heavy atom. The number of hydrogen-bond donors (Lipinski definition) is 1. The maximum absolute atomic E-state index is 10.5. The summed E-state index contributed by atoms with van der Waals surface area (Å²) in [5.74, 6) is 0. The summed E-state index contributed by atoms with van der Waals surface area (Å²) in [5.41, 5.74) is 1.57. The molecule has 5 nitrogen and oxygen atoms in total. The zero-order chi connectivity index (χ0) is 13.1. The second-order valence-corrected chi connectivity index (χ2v) is 4.93. The lowest BCUT2D eigenvalue weighted by Gasteiger charge is -2.15. The first-order valence-corrected chi connectivity index (χ1v) is 6.89. The summed E-state index contributed by atoms with van der Waals surface area (Å²) in [4.78, 5) is 0. The van der Waals surface area contributed by atoms with Crippen molar-refractivity contribution in [2.75, 3.05) is 0 Å². The van der Waals surface area contributed by atoms with Gasteiger partial charge in [-0.15, -0.1) is 0 Å². The minimum atomic E-state index is -0.712. The number of aliphatic hydroxyl groups excluding tert-OH is 1. The summed E-state index contributed by atoms with van der Waals surface area (Å²) in [6, 6.07) is 1.85. The van der Waals surface area contributed by atoms with Crippen LogP contribution in [0.1, 0.15) is 37.8 Å². The van der Waals surface area contributed by atoms with Crippen LogP contribution in [0.15, 0.2) is 22.9 Å². The van der Waals surface area contributed by atoms with Gasteiger partial charge in [-0.05, 0) is 35.3 Å². The molecule has 0 aliphatic carbocycles. The van der Waals surface area contributed by atoms with Gasteiger partial charge in [-0.2, -0.15) is 10.2 Å². The summed E-state index contributed by atoms with van der Waals surface area (Å²) in [5, 5.41) is 19.0. The van der Waals surface area contributed by atoms with Crippen LogP contribution in [0.2, 0.25) is 0 Å². The molecule has 98 valence electrons. The van der Waals surface area contributed by atoms with Crippen molar-refractivity contribution < 1.29 is 5.11 Å². The maximum atomic E-state index is 10.5. The van der Waals surface area contributed by atoms with Crippen molar-refractivity contribution in [1.82, 2.24) is 19.6 Å². The average molecular weight is 313 g/mol. The van der Waals surface area contributed by atoms with Crippen LogP contribution in [0.3, 0.4) is 0 Å². The lowest BCUT2D eigenvalue weighted by atomic mass is 10.2. The van der Waals surface area contributed by atoms with Crippen LogP contribution in [-0.4, -0.2) is 24.7 Å². The van der Waals surface area contributed by atoms with Crippen LogP contribution in [-0.2, 0) is 13.1 Å². The Labute approximate surface area is 115 Å². The first-order chi connectivity index (χ1) is 8.69. The number of aromatic nitrogens is 4. The van der Waals surface area contributed by atoms with Crippen molar-refractivity contribution in [2.24, 2.45) is 0 Å². The topological polar surface area (TPSA) is 55.9 Å². The molecule has 0 saturated carbocycles. The SMILES string of the molecule is CCCn1nccc1C(O)c1c(Br)cnn1CC. The van der Waals surface area contributed by atoms with Gasteiger partial charge in [-0.25, -0.2) is 0 Å². The Kier molecular flexibility index (Phi) is 4.19. The quantitative estimate of drug-likeness (QED) is 0.922. The van der Waals surface area contributed by atoms with Crippen LogP contribution in [0.5, 0.6) is 0 Å². The van der Waals surface area contributed by atoms with E-state index < -0.39 is 6.10 Å². The van der Waals surface area contributed by atoms with E-state index in [-0.39, 0.29) is 0 Å². The molecule has 18 heavy (non-hydrogen) atoms. The summed E-state index contributed by atoms with van der Waals surface area (Å²) in [6.45, 7) is 5.61. The van der Waals surface area contributed by atoms with Crippen LogP contribution >= 0.6 is 15.9 Å². The van der Waals surface area contributed by atoms with E-state index in [1.54, 1.807) is 17.1 Å². The van der Waals surface area contributed by atoms with Crippen molar-refractivity contribution >= 4 is 15.9 Å². The smallest absolute Gasteiger partial charge is 0.138 e. The monoisotopic (exact) mass is 312 g/mol. The van der Waals surface area contributed by atoms with Crippen molar-refractivity contribution in [3.05, 3.63) is 34.3 Å². The molecule has 0 amide bonds. The first-order valence-electron chi connectivity index (χ1n) is 6.10. The number of nitrogens with zero attached hydrogens (tertiary/aromatic N) is 4. The van der Waals surface area contributed by atoms with Crippen molar-refractivity contribution in [3.63, 3.8) is 0 Å². The highest BCUT2D eigenvalue weighted by Crippen LogP contribution is 2.28. The van der Waals surface area contributed by atoms with Crippen molar-refractivity contribution in [1.29, 1.82) is 0 Å². The highest BCUT2D eigenvalue weighted by Gasteiger charge is 2.22. The molecule has 0 radical (unpaired) electrons. The molecule has 1 unspecified atom stereocenters. The summed E-state index contributed by atoms with van der Waals surface area (Å²) >= 11 is 3.43. The van der Waals surface area contributed by atoms with Crippen LogP contribution in [0.4, 0.5) is 0 Å². The maximum Gasteiger partial charge on any atom is 0.138 e. The van der Waals surface area contributed by atoms with Crippen molar-refractivity contribution in [2.45, 2.75) is 39.5 Å². The third kappa shape index (κ3) is 2.35. The number of rotatable bonds is 5. The van der Waals surface area contributed by atoms with E-state index in [0.29, 0.717) is 0 Å². The predicted octanol–water partition coefficient (Wildman–Crippen LogP) is 2.35. The predicted molar refractivity (Wildman–Crippen MR) is 72.2 cm³/mol. The third-order valence-electron chi connectivity index (χ3n) is 2.86. The van der Waals surface area contributed by atoms with Gasteiger partial charge in [0.1, 0.15) is 6.10 Å². The van der Waals surface area contributed by atoms with Crippen LogP contribution < -0.4 is 0 Å². The minimum absolute atomic E-state index is 0.712. The average Bonchev–Trinajstić information content (AvgIpc) is 2.95. The van der Waals surface area contributed by atoms with Gasteiger partial charge in [0.15, 0.2) is 0 Å².